The summed E-state index contributed by atoms with van der Waals surface area (Å²) in [5.41, 5.74) is 13.3. The van der Waals surface area contributed by atoms with Crippen molar-refractivity contribution in [3.63, 3.8) is 0 Å². The molecule has 0 amide bonds. The van der Waals surface area contributed by atoms with Gasteiger partial charge in [-0.1, -0.05) is 140 Å². The number of nitrogens with zero attached hydrogens (tertiary/aromatic N) is 4. The van der Waals surface area contributed by atoms with Crippen molar-refractivity contribution >= 4 is 0 Å². The van der Waals surface area contributed by atoms with E-state index in [0.717, 1.165) is 39.8 Å². The molecule has 0 radical (unpaired) electrons. The number of fused-ring (bicyclic) bond motifs is 6. The average molecular weight is 657 g/mol. The molecule has 7 aromatic rings. The molecule has 0 N–H and O–H groups in total. The molecule has 2 heterocycles. The van der Waals surface area contributed by atoms with E-state index in [9.17, 15) is 0 Å². The van der Waals surface area contributed by atoms with E-state index in [0.29, 0.717) is 34.7 Å². The Labute approximate surface area is 298 Å². The second kappa shape index (κ2) is 11.1. The maximum Gasteiger partial charge on any atom is 0.182 e. The first kappa shape index (κ1) is 29.0. The molecule has 3 fully saturated rings. The molecule has 0 saturated heterocycles. The van der Waals surface area contributed by atoms with E-state index < -0.39 is 0 Å². The van der Waals surface area contributed by atoms with Gasteiger partial charge in [0.2, 0.25) is 0 Å². The van der Waals surface area contributed by atoms with Gasteiger partial charge in [-0.25, -0.2) is 19.9 Å². The zero-order chi connectivity index (χ0) is 33.5. The number of benzene rings is 5. The van der Waals surface area contributed by atoms with Crippen molar-refractivity contribution < 1.29 is 0 Å². The third kappa shape index (κ3) is 4.45. The normalized spacial score (nSPS) is 23.5. The van der Waals surface area contributed by atoms with Gasteiger partial charge in [-0.2, -0.15) is 0 Å². The summed E-state index contributed by atoms with van der Waals surface area (Å²) in [6.07, 6.45) is 5.33. The number of hydrogen-bond donors (Lipinski definition) is 0. The molecular weight excluding hydrogens is 621 g/mol. The highest BCUT2D eigenvalue weighted by molar-refractivity contribution is 5.76. The van der Waals surface area contributed by atoms with Crippen LogP contribution in [0.4, 0.5) is 0 Å². The summed E-state index contributed by atoms with van der Waals surface area (Å²) < 4.78 is 0. The van der Waals surface area contributed by atoms with E-state index in [4.69, 9.17) is 19.9 Å². The molecule has 2 aromatic heterocycles. The van der Waals surface area contributed by atoms with Crippen LogP contribution < -0.4 is 0 Å². The highest BCUT2D eigenvalue weighted by Gasteiger charge is 2.69. The summed E-state index contributed by atoms with van der Waals surface area (Å²) in [4.78, 5) is 20.9. The Morgan fingerprint density at radius 1 is 0.412 bits per heavy atom. The average Bonchev–Trinajstić information content (AvgIpc) is 3.71. The van der Waals surface area contributed by atoms with Crippen LogP contribution in [0.15, 0.2) is 146 Å². The molecule has 4 nitrogen and oxygen atoms in total. The number of pyridine rings is 1. The van der Waals surface area contributed by atoms with Gasteiger partial charge in [0, 0.05) is 22.6 Å². The molecule has 3 saturated carbocycles. The lowest BCUT2D eigenvalue weighted by Crippen LogP contribution is -2.47. The lowest BCUT2D eigenvalue weighted by atomic mass is 9.48. The van der Waals surface area contributed by atoms with Gasteiger partial charge in [-0.15, -0.1) is 0 Å². The molecule has 4 heteroatoms. The monoisotopic (exact) mass is 656 g/mol. The zero-order valence-corrected chi connectivity index (χ0v) is 28.3. The molecule has 11 rings (SSSR count). The summed E-state index contributed by atoms with van der Waals surface area (Å²) in [6, 6.07) is 51.7. The Morgan fingerprint density at radius 3 is 1.59 bits per heavy atom. The Hall–Kier alpha value is -5.74. The molecule has 4 aliphatic carbocycles. The van der Waals surface area contributed by atoms with E-state index in [1.54, 1.807) is 5.56 Å². The molecule has 5 atom stereocenters. The lowest BCUT2D eigenvalue weighted by molar-refractivity contribution is -0.00242. The maximum atomic E-state index is 5.56. The fourth-order valence-electron chi connectivity index (χ4n) is 10.4. The fourth-order valence-corrected chi connectivity index (χ4v) is 10.4. The second-order valence-electron chi connectivity index (χ2n) is 15.1. The number of hydrogen-bond acceptors (Lipinski definition) is 4. The molecule has 5 unspecified atom stereocenters. The third-order valence-corrected chi connectivity index (χ3v) is 12.7. The van der Waals surface area contributed by atoms with Crippen molar-refractivity contribution in [2.75, 3.05) is 0 Å². The van der Waals surface area contributed by atoms with Crippen LogP contribution >= 0.6 is 0 Å². The quantitative estimate of drug-likeness (QED) is 0.185. The van der Waals surface area contributed by atoms with Crippen molar-refractivity contribution in [3.8, 4) is 67.7 Å². The summed E-state index contributed by atoms with van der Waals surface area (Å²) in [5.74, 6) is 4.74. The molecule has 244 valence electrons. The van der Waals surface area contributed by atoms with Crippen molar-refractivity contribution in [1.29, 1.82) is 0 Å². The first-order valence-corrected chi connectivity index (χ1v) is 18.4. The molecular formula is C47H36N4. The van der Waals surface area contributed by atoms with Gasteiger partial charge in [0.15, 0.2) is 17.5 Å². The number of rotatable bonds is 5. The van der Waals surface area contributed by atoms with Crippen LogP contribution in [0.25, 0.3) is 67.7 Å². The summed E-state index contributed by atoms with van der Waals surface area (Å²) in [5, 5.41) is 0. The Kier molecular flexibility index (Phi) is 6.34. The van der Waals surface area contributed by atoms with E-state index in [1.165, 1.54) is 53.6 Å². The molecule has 5 aromatic carbocycles. The summed E-state index contributed by atoms with van der Waals surface area (Å²) in [7, 11) is 0. The lowest BCUT2D eigenvalue weighted by Gasteiger charge is -2.56. The van der Waals surface area contributed by atoms with Crippen molar-refractivity contribution in [3.05, 3.63) is 157 Å². The predicted octanol–water partition coefficient (Wildman–Crippen LogP) is 11.3. The summed E-state index contributed by atoms with van der Waals surface area (Å²) in [6.45, 7) is 0. The van der Waals surface area contributed by atoms with Crippen LogP contribution in [0.3, 0.4) is 0 Å². The van der Waals surface area contributed by atoms with Crippen LogP contribution in [0.5, 0.6) is 0 Å². The molecule has 4 aliphatic rings. The smallest absolute Gasteiger partial charge is 0.182 e. The Balaban J connectivity index is 1.05. The van der Waals surface area contributed by atoms with Gasteiger partial charge >= 0.3 is 0 Å². The highest BCUT2D eigenvalue weighted by atomic mass is 15.0. The van der Waals surface area contributed by atoms with Crippen molar-refractivity contribution in [2.45, 2.75) is 37.5 Å². The zero-order valence-electron chi connectivity index (χ0n) is 28.3. The Morgan fingerprint density at radius 2 is 0.961 bits per heavy atom. The minimum absolute atomic E-state index is 0.355. The molecule has 1 spiro atoms. The summed E-state index contributed by atoms with van der Waals surface area (Å²) >= 11 is 0. The van der Waals surface area contributed by atoms with Gasteiger partial charge in [0.25, 0.3) is 0 Å². The second-order valence-corrected chi connectivity index (χ2v) is 15.1. The standard InChI is InChI=1S/C47H36N4/c1-3-9-30(10-4-1)32-15-19-34(20-16-32)44-49-45(35-21-17-33(18-22-35)31-11-5-2-6-12-31)51-46(50-44)42-24-23-39-37-13-7-8-14-38(37)40-26-29-25-36-27-41(43(39)48-42)47(36,40)28-29/h1-24,29,36,40-41H,25-28H2. The largest absolute Gasteiger partial charge is 0.249 e. The topological polar surface area (TPSA) is 51.6 Å². The van der Waals surface area contributed by atoms with Gasteiger partial charge in [0.05, 0.1) is 5.69 Å². The minimum Gasteiger partial charge on any atom is -0.249 e. The SMILES string of the molecule is c1ccc(-c2ccc(-c3nc(-c4ccc(-c5ccccc5)cc4)nc(-c4ccc5c(n4)C4CC6CC7CC(c8ccccc8-5)C64C7)n3)cc2)cc1. The highest BCUT2D eigenvalue weighted by Crippen LogP contribution is 2.79. The van der Waals surface area contributed by atoms with Crippen molar-refractivity contribution in [2.24, 2.45) is 17.3 Å². The maximum absolute atomic E-state index is 5.56. The van der Waals surface area contributed by atoms with Crippen LogP contribution in [0.2, 0.25) is 0 Å². The molecule has 51 heavy (non-hydrogen) atoms. The van der Waals surface area contributed by atoms with E-state index in [1.807, 2.05) is 12.1 Å². The van der Waals surface area contributed by atoms with Crippen LogP contribution in [0.1, 0.15) is 48.8 Å². The van der Waals surface area contributed by atoms with Gasteiger partial charge < -0.3 is 0 Å². The number of aromatic nitrogens is 4. The van der Waals surface area contributed by atoms with Gasteiger partial charge in [-0.3, -0.25) is 0 Å². The van der Waals surface area contributed by atoms with Crippen molar-refractivity contribution in [1.82, 2.24) is 19.9 Å². The fraction of sp³-hybridized carbons (Fsp3) is 0.191. The van der Waals surface area contributed by atoms with Gasteiger partial charge in [0.1, 0.15) is 5.69 Å². The van der Waals surface area contributed by atoms with E-state index in [2.05, 4.69) is 133 Å². The van der Waals surface area contributed by atoms with Crippen LogP contribution in [-0.2, 0) is 0 Å². The third-order valence-electron chi connectivity index (χ3n) is 12.7. The minimum atomic E-state index is 0.355. The van der Waals surface area contributed by atoms with Gasteiger partial charge in [-0.05, 0) is 88.3 Å². The van der Waals surface area contributed by atoms with E-state index in [-0.39, 0.29) is 0 Å². The molecule has 2 bridgehead atoms. The predicted molar refractivity (Wildman–Crippen MR) is 204 cm³/mol. The van der Waals surface area contributed by atoms with E-state index >= 15 is 0 Å². The molecule has 0 aliphatic heterocycles. The first-order chi connectivity index (χ1) is 25.2. The first-order valence-electron chi connectivity index (χ1n) is 18.4. The Bertz CT molecular complexity index is 2340. The van der Waals surface area contributed by atoms with Crippen LogP contribution in [0, 0.1) is 17.3 Å². The van der Waals surface area contributed by atoms with Crippen LogP contribution in [-0.4, -0.2) is 19.9 Å².